The largest absolute Gasteiger partial charge is 0.330 e. The molecular formula is C9H15N3S. The summed E-state index contributed by atoms with van der Waals surface area (Å²) in [4.78, 5) is 5.52. The highest BCUT2D eigenvalue weighted by Gasteiger charge is 2.25. The van der Waals surface area contributed by atoms with Gasteiger partial charge in [-0.25, -0.2) is 0 Å². The molecule has 0 saturated carbocycles. The molecular weight excluding hydrogens is 182 g/mol. The van der Waals surface area contributed by atoms with Crippen molar-refractivity contribution in [3.63, 3.8) is 0 Å². The van der Waals surface area contributed by atoms with E-state index in [9.17, 15) is 0 Å². The maximum Gasteiger partial charge on any atom is 0.0794 e. The van der Waals surface area contributed by atoms with E-state index in [-0.39, 0.29) is 0 Å². The number of piperidine rings is 1. The maximum absolute atomic E-state index is 5.74. The first-order chi connectivity index (χ1) is 6.42. The Balaban J connectivity index is 2.11. The molecule has 3 nitrogen and oxygen atoms in total. The van der Waals surface area contributed by atoms with Gasteiger partial charge in [0.2, 0.25) is 0 Å². The second-order valence-corrected chi connectivity index (χ2v) is 4.42. The molecule has 1 saturated heterocycles. The number of thiazole rings is 1. The third-order valence-electron chi connectivity index (χ3n) is 2.73. The Morgan fingerprint density at radius 1 is 1.69 bits per heavy atom. The van der Waals surface area contributed by atoms with E-state index < -0.39 is 0 Å². The highest BCUT2D eigenvalue weighted by molar-refractivity contribution is 7.09. The minimum atomic E-state index is 0.592. The summed E-state index contributed by atoms with van der Waals surface area (Å²) in [5, 5.41) is 3.38. The average Bonchev–Trinajstić information content (AvgIpc) is 2.70. The van der Waals surface area contributed by atoms with Crippen LogP contribution < -0.4 is 11.1 Å². The minimum absolute atomic E-state index is 0.592. The average molecular weight is 197 g/mol. The van der Waals surface area contributed by atoms with E-state index >= 15 is 0 Å². The first-order valence-electron chi connectivity index (χ1n) is 4.71. The van der Waals surface area contributed by atoms with E-state index in [0.717, 1.165) is 19.6 Å². The molecule has 13 heavy (non-hydrogen) atoms. The number of nitrogens with zero attached hydrogens (tertiary/aromatic N) is 1. The summed E-state index contributed by atoms with van der Waals surface area (Å²) in [7, 11) is 0. The minimum Gasteiger partial charge on any atom is -0.330 e. The Morgan fingerprint density at radius 3 is 3.31 bits per heavy atom. The molecule has 2 unspecified atom stereocenters. The zero-order chi connectivity index (χ0) is 9.10. The van der Waals surface area contributed by atoms with Gasteiger partial charge in [0.1, 0.15) is 0 Å². The molecule has 0 aromatic carbocycles. The Bertz CT molecular complexity index is 247. The van der Waals surface area contributed by atoms with Crippen LogP contribution in [-0.4, -0.2) is 24.6 Å². The van der Waals surface area contributed by atoms with E-state index in [4.69, 9.17) is 5.73 Å². The first kappa shape index (κ1) is 9.12. The van der Waals surface area contributed by atoms with Gasteiger partial charge in [0, 0.05) is 17.0 Å². The highest BCUT2D eigenvalue weighted by atomic mass is 32.1. The van der Waals surface area contributed by atoms with E-state index in [0.29, 0.717) is 11.8 Å². The van der Waals surface area contributed by atoms with Gasteiger partial charge in [-0.3, -0.25) is 4.98 Å². The fraction of sp³-hybridized carbons (Fsp3) is 0.667. The van der Waals surface area contributed by atoms with Crippen molar-refractivity contribution in [2.75, 3.05) is 19.6 Å². The number of nitrogens with two attached hydrogens (primary N) is 1. The maximum atomic E-state index is 5.74. The van der Waals surface area contributed by atoms with Crippen molar-refractivity contribution >= 4 is 11.3 Å². The Hall–Kier alpha value is -0.450. The normalized spacial score (nSPS) is 29.0. The van der Waals surface area contributed by atoms with Crippen molar-refractivity contribution in [2.24, 2.45) is 11.7 Å². The van der Waals surface area contributed by atoms with Gasteiger partial charge in [-0.1, -0.05) is 0 Å². The summed E-state index contributed by atoms with van der Waals surface area (Å²) in [6.07, 6.45) is 3.19. The number of hydrogen-bond acceptors (Lipinski definition) is 4. The van der Waals surface area contributed by atoms with E-state index in [2.05, 4.69) is 10.3 Å². The topological polar surface area (TPSA) is 50.9 Å². The SMILES string of the molecule is NCC1CNCCC1c1cncs1. The molecule has 72 valence electrons. The van der Waals surface area contributed by atoms with Crippen molar-refractivity contribution in [1.29, 1.82) is 0 Å². The summed E-state index contributed by atoms with van der Waals surface area (Å²) in [5.41, 5.74) is 7.65. The van der Waals surface area contributed by atoms with E-state index in [1.807, 2.05) is 11.7 Å². The molecule has 1 aromatic heterocycles. The van der Waals surface area contributed by atoms with Crippen LogP contribution in [0.4, 0.5) is 0 Å². The number of nitrogens with one attached hydrogen (secondary N) is 1. The fourth-order valence-electron chi connectivity index (χ4n) is 1.95. The molecule has 4 heteroatoms. The van der Waals surface area contributed by atoms with Crippen molar-refractivity contribution in [3.8, 4) is 0 Å². The molecule has 0 spiro atoms. The first-order valence-corrected chi connectivity index (χ1v) is 5.59. The lowest BCUT2D eigenvalue weighted by Crippen LogP contribution is -2.38. The van der Waals surface area contributed by atoms with Crippen LogP contribution in [-0.2, 0) is 0 Å². The molecule has 2 rings (SSSR count). The second-order valence-electron chi connectivity index (χ2n) is 3.50. The highest BCUT2D eigenvalue weighted by Crippen LogP contribution is 2.31. The molecule has 0 amide bonds. The summed E-state index contributed by atoms with van der Waals surface area (Å²) >= 11 is 1.75. The molecule has 2 heterocycles. The number of hydrogen-bond donors (Lipinski definition) is 2. The molecule has 3 N–H and O–H groups in total. The van der Waals surface area contributed by atoms with Gasteiger partial charge in [-0.05, 0) is 32.0 Å². The summed E-state index contributed by atoms with van der Waals surface area (Å²) in [6, 6.07) is 0. The van der Waals surface area contributed by atoms with Crippen LogP contribution in [0.1, 0.15) is 17.2 Å². The van der Waals surface area contributed by atoms with Crippen molar-refractivity contribution in [2.45, 2.75) is 12.3 Å². The third kappa shape index (κ3) is 1.90. The predicted octanol–water partition coefficient (Wildman–Crippen LogP) is 0.795. The van der Waals surface area contributed by atoms with Crippen LogP contribution in [0.15, 0.2) is 11.7 Å². The van der Waals surface area contributed by atoms with Crippen molar-refractivity contribution < 1.29 is 0 Å². The lowest BCUT2D eigenvalue weighted by Gasteiger charge is -2.30. The molecule has 0 bridgehead atoms. The number of rotatable bonds is 2. The summed E-state index contributed by atoms with van der Waals surface area (Å²) in [6.45, 7) is 2.94. The molecule has 1 aromatic rings. The third-order valence-corrected chi connectivity index (χ3v) is 3.63. The Kier molecular flexibility index (Phi) is 2.93. The molecule has 1 fully saturated rings. The van der Waals surface area contributed by atoms with Crippen LogP contribution in [0.3, 0.4) is 0 Å². The van der Waals surface area contributed by atoms with E-state index in [1.54, 1.807) is 11.3 Å². The van der Waals surface area contributed by atoms with Crippen LogP contribution >= 0.6 is 11.3 Å². The predicted molar refractivity (Wildman–Crippen MR) is 54.9 cm³/mol. The Morgan fingerprint density at radius 2 is 2.62 bits per heavy atom. The quantitative estimate of drug-likeness (QED) is 0.737. The van der Waals surface area contributed by atoms with Gasteiger partial charge >= 0.3 is 0 Å². The summed E-state index contributed by atoms with van der Waals surface area (Å²) < 4.78 is 0. The molecule has 0 aliphatic carbocycles. The van der Waals surface area contributed by atoms with Crippen LogP contribution in [0, 0.1) is 5.92 Å². The molecule has 2 atom stereocenters. The fourth-order valence-corrected chi connectivity index (χ4v) is 2.80. The molecule has 0 radical (unpaired) electrons. The van der Waals surface area contributed by atoms with Gasteiger partial charge in [0.25, 0.3) is 0 Å². The monoisotopic (exact) mass is 197 g/mol. The smallest absolute Gasteiger partial charge is 0.0794 e. The second kappa shape index (κ2) is 4.17. The Labute approximate surface area is 82.4 Å². The van der Waals surface area contributed by atoms with E-state index in [1.165, 1.54) is 11.3 Å². The van der Waals surface area contributed by atoms with Gasteiger partial charge in [-0.15, -0.1) is 11.3 Å². The van der Waals surface area contributed by atoms with Crippen LogP contribution in [0.5, 0.6) is 0 Å². The zero-order valence-corrected chi connectivity index (χ0v) is 8.39. The zero-order valence-electron chi connectivity index (χ0n) is 7.57. The van der Waals surface area contributed by atoms with Crippen LogP contribution in [0.2, 0.25) is 0 Å². The van der Waals surface area contributed by atoms with Gasteiger partial charge in [-0.2, -0.15) is 0 Å². The lowest BCUT2D eigenvalue weighted by molar-refractivity contribution is 0.336. The standard InChI is InChI=1S/C9H15N3S/c10-3-7-4-11-2-1-8(7)9-5-12-6-13-9/h5-8,11H,1-4,10H2. The van der Waals surface area contributed by atoms with Crippen LogP contribution in [0.25, 0.3) is 0 Å². The van der Waals surface area contributed by atoms with Crippen molar-refractivity contribution in [1.82, 2.24) is 10.3 Å². The van der Waals surface area contributed by atoms with Gasteiger partial charge < -0.3 is 11.1 Å². The van der Waals surface area contributed by atoms with Gasteiger partial charge in [0.05, 0.1) is 5.51 Å². The van der Waals surface area contributed by atoms with Gasteiger partial charge in [0.15, 0.2) is 0 Å². The number of aromatic nitrogens is 1. The molecule has 1 aliphatic heterocycles. The molecule has 1 aliphatic rings. The van der Waals surface area contributed by atoms with Crippen molar-refractivity contribution in [3.05, 3.63) is 16.6 Å². The summed E-state index contributed by atoms with van der Waals surface area (Å²) in [5.74, 6) is 1.23. The lowest BCUT2D eigenvalue weighted by atomic mass is 9.86.